The summed E-state index contributed by atoms with van der Waals surface area (Å²) in [4.78, 5) is 28.4. The second kappa shape index (κ2) is 13.9. The van der Waals surface area contributed by atoms with Crippen molar-refractivity contribution in [3.05, 3.63) is 95.6 Å². The number of hydrogen-bond donors (Lipinski definition) is 1. The number of aryl methyl sites for hydroxylation is 1. The van der Waals surface area contributed by atoms with Gasteiger partial charge in [0.25, 0.3) is 10.0 Å². The van der Waals surface area contributed by atoms with Gasteiger partial charge in [-0.3, -0.25) is 13.9 Å². The Morgan fingerprint density at radius 3 is 2.17 bits per heavy atom. The third kappa shape index (κ3) is 8.12. The molecule has 0 aromatic heterocycles. The van der Waals surface area contributed by atoms with Crippen molar-refractivity contribution in [2.75, 3.05) is 17.4 Å². The molecule has 0 fully saturated rings. The van der Waals surface area contributed by atoms with Crippen LogP contribution in [-0.4, -0.2) is 44.3 Å². The summed E-state index contributed by atoms with van der Waals surface area (Å²) in [6.07, 6.45) is -4.50. The van der Waals surface area contributed by atoms with Crippen molar-refractivity contribution in [3.8, 4) is 0 Å². The number of rotatable bonds is 12. The van der Waals surface area contributed by atoms with Gasteiger partial charge in [-0.15, -0.1) is 0 Å². The molecule has 0 aliphatic heterocycles. The number of alkyl halides is 3. The minimum absolute atomic E-state index is 0.000920. The van der Waals surface area contributed by atoms with Gasteiger partial charge < -0.3 is 10.2 Å². The minimum atomic E-state index is -4.74. The maximum absolute atomic E-state index is 14.1. The van der Waals surface area contributed by atoms with Crippen LogP contribution < -0.4 is 9.62 Å². The fraction of sp³-hybridized carbons (Fsp3) is 0.355. The van der Waals surface area contributed by atoms with Crippen LogP contribution in [-0.2, 0) is 32.3 Å². The molecule has 1 atom stereocenters. The van der Waals surface area contributed by atoms with Crippen LogP contribution in [0.1, 0.15) is 43.9 Å². The van der Waals surface area contributed by atoms with Gasteiger partial charge >= 0.3 is 6.18 Å². The normalized spacial score (nSPS) is 12.6. The standard InChI is InChI=1S/C31H36F3N3O4S/c1-5-28(30(39)35-19-22(2)3)36(20-24-13-10-9-12-23(24)4)29(38)21-37(42(40,41)27-16-7-6-8-17-27)26-15-11-14-25(18-26)31(32,33)34/h6-18,22,28H,5,19-21H2,1-4H3,(H,35,39)/t28-/m0/s1. The molecular weight excluding hydrogens is 567 g/mol. The van der Waals surface area contributed by atoms with E-state index < -0.39 is 46.2 Å². The number of nitrogens with zero attached hydrogens (tertiary/aromatic N) is 2. The van der Waals surface area contributed by atoms with Gasteiger partial charge in [-0.2, -0.15) is 13.2 Å². The molecule has 3 aromatic rings. The lowest BCUT2D eigenvalue weighted by Crippen LogP contribution is -2.52. The topological polar surface area (TPSA) is 86.8 Å². The van der Waals surface area contributed by atoms with Crippen LogP contribution in [0.25, 0.3) is 0 Å². The van der Waals surface area contributed by atoms with Gasteiger partial charge in [-0.1, -0.05) is 69.3 Å². The number of nitrogens with one attached hydrogen (secondary N) is 1. The Kier molecular flexibility index (Phi) is 10.8. The van der Waals surface area contributed by atoms with Gasteiger partial charge in [0.15, 0.2) is 0 Å². The summed E-state index contributed by atoms with van der Waals surface area (Å²) in [5, 5.41) is 2.84. The Morgan fingerprint density at radius 2 is 1.57 bits per heavy atom. The highest BCUT2D eigenvalue weighted by atomic mass is 32.2. The minimum Gasteiger partial charge on any atom is -0.354 e. The van der Waals surface area contributed by atoms with E-state index in [9.17, 15) is 31.2 Å². The van der Waals surface area contributed by atoms with E-state index in [4.69, 9.17) is 0 Å². The van der Waals surface area contributed by atoms with Crippen LogP contribution in [0, 0.1) is 12.8 Å². The number of sulfonamides is 1. The van der Waals surface area contributed by atoms with Crippen LogP contribution in [0.3, 0.4) is 0 Å². The molecule has 0 radical (unpaired) electrons. The van der Waals surface area contributed by atoms with E-state index in [0.29, 0.717) is 16.9 Å². The number of hydrogen-bond acceptors (Lipinski definition) is 4. The van der Waals surface area contributed by atoms with E-state index in [1.165, 1.54) is 35.2 Å². The monoisotopic (exact) mass is 603 g/mol. The molecule has 0 saturated heterocycles. The molecule has 0 bridgehead atoms. The maximum atomic E-state index is 14.1. The molecule has 1 N–H and O–H groups in total. The van der Waals surface area contributed by atoms with Gasteiger partial charge in [-0.05, 0) is 60.7 Å². The molecule has 0 saturated carbocycles. The van der Waals surface area contributed by atoms with Gasteiger partial charge in [0.05, 0.1) is 16.1 Å². The first kappa shape index (κ1) is 32.7. The average molecular weight is 604 g/mol. The highest BCUT2D eigenvalue weighted by molar-refractivity contribution is 7.92. The molecular formula is C31H36F3N3O4S. The summed E-state index contributed by atoms with van der Waals surface area (Å²) < 4.78 is 69.1. The Labute approximate surface area is 245 Å². The number of halogens is 3. The zero-order valence-electron chi connectivity index (χ0n) is 24.1. The molecule has 11 heteroatoms. The van der Waals surface area contributed by atoms with Gasteiger partial charge in [-0.25, -0.2) is 8.42 Å². The fourth-order valence-electron chi connectivity index (χ4n) is 4.40. The number of amides is 2. The quantitative estimate of drug-likeness (QED) is 0.284. The van der Waals surface area contributed by atoms with Crippen molar-refractivity contribution in [3.63, 3.8) is 0 Å². The summed E-state index contributed by atoms with van der Waals surface area (Å²) in [5.74, 6) is -0.981. The average Bonchev–Trinajstić information content (AvgIpc) is 2.95. The Hall–Kier alpha value is -3.86. The van der Waals surface area contributed by atoms with Gasteiger partial charge in [0, 0.05) is 13.1 Å². The smallest absolute Gasteiger partial charge is 0.354 e. The van der Waals surface area contributed by atoms with Crippen molar-refractivity contribution in [2.24, 2.45) is 5.92 Å². The summed E-state index contributed by atoms with van der Waals surface area (Å²) in [6.45, 7) is 7.01. The van der Waals surface area contributed by atoms with Crippen LogP contribution in [0.5, 0.6) is 0 Å². The van der Waals surface area contributed by atoms with E-state index >= 15 is 0 Å². The fourth-order valence-corrected chi connectivity index (χ4v) is 5.83. The molecule has 0 aliphatic rings. The lowest BCUT2D eigenvalue weighted by molar-refractivity contribution is -0.140. The van der Waals surface area contributed by atoms with E-state index in [0.717, 1.165) is 23.3 Å². The summed E-state index contributed by atoms with van der Waals surface area (Å²) in [5.41, 5.74) is 0.226. The Bertz CT molecular complexity index is 1480. The van der Waals surface area contributed by atoms with Crippen molar-refractivity contribution in [1.29, 1.82) is 0 Å². The number of carbonyl (C=O) groups excluding carboxylic acids is 2. The number of anilines is 1. The van der Waals surface area contributed by atoms with Crippen molar-refractivity contribution in [2.45, 2.75) is 57.8 Å². The lowest BCUT2D eigenvalue weighted by atomic mass is 10.1. The maximum Gasteiger partial charge on any atom is 0.416 e. The third-order valence-corrected chi connectivity index (χ3v) is 8.53. The van der Waals surface area contributed by atoms with Crippen LogP contribution in [0.2, 0.25) is 0 Å². The molecule has 3 rings (SSSR count). The number of carbonyl (C=O) groups is 2. The Morgan fingerprint density at radius 1 is 0.929 bits per heavy atom. The van der Waals surface area contributed by atoms with E-state index in [2.05, 4.69) is 5.32 Å². The van der Waals surface area contributed by atoms with Crippen molar-refractivity contribution >= 4 is 27.5 Å². The summed E-state index contributed by atoms with van der Waals surface area (Å²) in [6, 6.07) is 17.3. The van der Waals surface area contributed by atoms with Crippen LogP contribution in [0.4, 0.5) is 18.9 Å². The summed E-state index contributed by atoms with van der Waals surface area (Å²) >= 11 is 0. The highest BCUT2D eigenvalue weighted by Gasteiger charge is 2.36. The van der Waals surface area contributed by atoms with Crippen molar-refractivity contribution in [1.82, 2.24) is 10.2 Å². The lowest BCUT2D eigenvalue weighted by Gasteiger charge is -2.33. The number of benzene rings is 3. The first-order valence-corrected chi connectivity index (χ1v) is 15.1. The van der Waals surface area contributed by atoms with Crippen LogP contribution in [0.15, 0.2) is 83.8 Å². The Balaban J connectivity index is 2.11. The zero-order chi connectivity index (χ0) is 31.1. The van der Waals surface area contributed by atoms with Crippen molar-refractivity contribution < 1.29 is 31.2 Å². The van der Waals surface area contributed by atoms with Gasteiger partial charge in [0.1, 0.15) is 12.6 Å². The second-order valence-electron chi connectivity index (χ2n) is 10.4. The molecule has 42 heavy (non-hydrogen) atoms. The van der Waals surface area contributed by atoms with Crippen LogP contribution >= 0.6 is 0 Å². The zero-order valence-corrected chi connectivity index (χ0v) is 24.9. The predicted molar refractivity (Wildman–Crippen MR) is 156 cm³/mol. The highest BCUT2D eigenvalue weighted by Crippen LogP contribution is 2.33. The van der Waals surface area contributed by atoms with Gasteiger partial charge in [0.2, 0.25) is 11.8 Å². The molecule has 3 aromatic carbocycles. The largest absolute Gasteiger partial charge is 0.416 e. The second-order valence-corrected chi connectivity index (χ2v) is 12.2. The summed E-state index contributed by atoms with van der Waals surface area (Å²) in [7, 11) is -4.48. The third-order valence-electron chi connectivity index (χ3n) is 6.74. The predicted octanol–water partition coefficient (Wildman–Crippen LogP) is 5.79. The molecule has 0 aliphatic carbocycles. The molecule has 226 valence electrons. The van der Waals surface area contributed by atoms with E-state index in [1.807, 2.05) is 32.9 Å². The molecule has 0 unspecified atom stereocenters. The van der Waals surface area contributed by atoms with E-state index in [-0.39, 0.29) is 29.5 Å². The molecule has 0 heterocycles. The molecule has 7 nitrogen and oxygen atoms in total. The SMILES string of the molecule is CC[C@@H](C(=O)NCC(C)C)N(Cc1ccccc1C)C(=O)CN(c1cccc(C(F)(F)F)c1)S(=O)(=O)c1ccccc1. The first-order valence-electron chi connectivity index (χ1n) is 13.6. The van der Waals surface area contributed by atoms with E-state index in [1.54, 1.807) is 25.1 Å². The first-order chi connectivity index (χ1) is 19.8. The molecule has 0 spiro atoms. The molecule has 2 amide bonds.